The number of hydrogen-bond donors (Lipinski definition) is 2. The quantitative estimate of drug-likeness (QED) is 0.879. The number of piperidine rings is 1. The summed E-state index contributed by atoms with van der Waals surface area (Å²) in [5.74, 6) is 0.306. The van der Waals surface area contributed by atoms with E-state index in [9.17, 15) is 5.11 Å². The molecule has 1 aromatic rings. The largest absolute Gasteiger partial charge is 0.393 e. The van der Waals surface area contributed by atoms with Gasteiger partial charge in [-0.3, -0.25) is 0 Å². The maximum absolute atomic E-state index is 9.71. The van der Waals surface area contributed by atoms with Gasteiger partial charge in [-0.15, -0.1) is 0 Å². The Bertz CT molecular complexity index is 397. The van der Waals surface area contributed by atoms with Gasteiger partial charge >= 0.3 is 0 Å². The predicted octanol–water partition coefficient (Wildman–Crippen LogP) is 2.15. The molecule has 0 spiro atoms. The van der Waals surface area contributed by atoms with Gasteiger partial charge in [0.2, 0.25) is 0 Å². The van der Waals surface area contributed by atoms with E-state index in [1.807, 2.05) is 18.2 Å². The molecule has 2 N–H and O–H groups in total. The number of hydrogen-bond acceptors (Lipinski definition) is 3. The molecule has 4 heteroatoms. The standard InChI is InChI=1S/C13H18BrNO2/c1-9-7-15(5-4-13(9)17)11-3-2-10(8-16)12(14)6-11/h2-3,6,9,13,16-17H,4-5,7-8H2,1H3. The van der Waals surface area contributed by atoms with Crippen molar-refractivity contribution >= 4 is 21.6 Å². The molecule has 0 saturated carbocycles. The van der Waals surface area contributed by atoms with Gasteiger partial charge in [0.1, 0.15) is 0 Å². The summed E-state index contributed by atoms with van der Waals surface area (Å²) in [5.41, 5.74) is 2.05. The second kappa shape index (κ2) is 5.38. The average Bonchev–Trinajstić information content (AvgIpc) is 2.32. The molecular weight excluding hydrogens is 282 g/mol. The molecular formula is C13H18BrNO2. The third-order valence-corrected chi connectivity index (χ3v) is 4.17. The van der Waals surface area contributed by atoms with Crippen LogP contribution < -0.4 is 4.90 Å². The zero-order valence-corrected chi connectivity index (χ0v) is 11.5. The average molecular weight is 300 g/mol. The first-order chi connectivity index (χ1) is 8.11. The van der Waals surface area contributed by atoms with Crippen LogP contribution in [0, 0.1) is 5.92 Å². The lowest BCUT2D eigenvalue weighted by atomic mass is 9.96. The summed E-state index contributed by atoms with van der Waals surface area (Å²) >= 11 is 3.46. The molecule has 17 heavy (non-hydrogen) atoms. The Morgan fingerprint density at radius 1 is 1.47 bits per heavy atom. The van der Waals surface area contributed by atoms with E-state index in [0.717, 1.165) is 35.2 Å². The molecule has 1 heterocycles. The van der Waals surface area contributed by atoms with Crippen LogP contribution in [0.5, 0.6) is 0 Å². The number of rotatable bonds is 2. The van der Waals surface area contributed by atoms with Gasteiger partial charge in [0, 0.05) is 23.2 Å². The number of benzene rings is 1. The van der Waals surface area contributed by atoms with E-state index in [1.165, 1.54) is 0 Å². The van der Waals surface area contributed by atoms with Crippen molar-refractivity contribution in [3.63, 3.8) is 0 Å². The molecule has 1 aliphatic rings. The first-order valence-electron chi connectivity index (χ1n) is 5.94. The van der Waals surface area contributed by atoms with E-state index >= 15 is 0 Å². The van der Waals surface area contributed by atoms with Crippen LogP contribution >= 0.6 is 15.9 Å². The molecule has 2 rings (SSSR count). The minimum Gasteiger partial charge on any atom is -0.393 e. The van der Waals surface area contributed by atoms with E-state index in [-0.39, 0.29) is 12.7 Å². The van der Waals surface area contributed by atoms with Crippen LogP contribution in [-0.2, 0) is 6.61 Å². The van der Waals surface area contributed by atoms with Crippen molar-refractivity contribution in [1.29, 1.82) is 0 Å². The van der Waals surface area contributed by atoms with Crippen LogP contribution in [0.2, 0.25) is 0 Å². The fourth-order valence-corrected chi connectivity index (χ4v) is 2.72. The summed E-state index contributed by atoms with van der Waals surface area (Å²) < 4.78 is 0.941. The highest BCUT2D eigenvalue weighted by Gasteiger charge is 2.24. The number of halogens is 1. The number of anilines is 1. The minimum absolute atomic E-state index is 0.0516. The van der Waals surface area contributed by atoms with Gasteiger partial charge in [-0.25, -0.2) is 0 Å². The third kappa shape index (κ3) is 2.81. The van der Waals surface area contributed by atoms with Crippen LogP contribution in [0.15, 0.2) is 22.7 Å². The molecule has 0 amide bonds. The van der Waals surface area contributed by atoms with Crippen LogP contribution in [0.3, 0.4) is 0 Å². The van der Waals surface area contributed by atoms with Crippen LogP contribution in [0.1, 0.15) is 18.9 Å². The van der Waals surface area contributed by atoms with Crippen molar-refractivity contribution in [3.8, 4) is 0 Å². The zero-order chi connectivity index (χ0) is 12.4. The zero-order valence-electron chi connectivity index (χ0n) is 9.93. The van der Waals surface area contributed by atoms with Crippen molar-refractivity contribution < 1.29 is 10.2 Å². The number of aliphatic hydroxyl groups excluding tert-OH is 2. The molecule has 0 aliphatic carbocycles. The Morgan fingerprint density at radius 3 is 2.82 bits per heavy atom. The van der Waals surface area contributed by atoms with Gasteiger partial charge in [-0.05, 0) is 30.0 Å². The maximum Gasteiger partial charge on any atom is 0.0692 e. The normalized spacial score (nSPS) is 25.1. The molecule has 0 radical (unpaired) electrons. The van der Waals surface area contributed by atoms with Crippen molar-refractivity contribution in [2.45, 2.75) is 26.1 Å². The molecule has 1 saturated heterocycles. The lowest BCUT2D eigenvalue weighted by molar-refractivity contribution is 0.0971. The molecule has 3 nitrogen and oxygen atoms in total. The second-order valence-corrected chi connectivity index (χ2v) is 5.57. The van der Waals surface area contributed by atoms with Crippen molar-refractivity contribution in [3.05, 3.63) is 28.2 Å². The molecule has 1 fully saturated rings. The first-order valence-corrected chi connectivity index (χ1v) is 6.73. The molecule has 2 atom stereocenters. The minimum atomic E-state index is -0.175. The molecule has 0 aromatic heterocycles. The van der Waals surface area contributed by atoms with Gasteiger partial charge < -0.3 is 15.1 Å². The predicted molar refractivity (Wildman–Crippen MR) is 72.1 cm³/mol. The van der Waals surface area contributed by atoms with Crippen LogP contribution in [-0.4, -0.2) is 29.4 Å². The summed E-state index contributed by atoms with van der Waals surface area (Å²) in [6, 6.07) is 6.01. The summed E-state index contributed by atoms with van der Waals surface area (Å²) in [4.78, 5) is 2.28. The summed E-state index contributed by atoms with van der Waals surface area (Å²) in [7, 11) is 0. The lowest BCUT2D eigenvalue weighted by Crippen LogP contribution is -2.41. The fourth-order valence-electron chi connectivity index (χ4n) is 2.23. The topological polar surface area (TPSA) is 43.7 Å². The van der Waals surface area contributed by atoms with Crippen molar-refractivity contribution in [2.24, 2.45) is 5.92 Å². The Hall–Kier alpha value is -0.580. The number of nitrogens with zero attached hydrogens (tertiary/aromatic N) is 1. The van der Waals surface area contributed by atoms with Crippen molar-refractivity contribution in [2.75, 3.05) is 18.0 Å². The highest BCUT2D eigenvalue weighted by molar-refractivity contribution is 9.10. The Balaban J connectivity index is 2.15. The summed E-state index contributed by atoms with van der Waals surface area (Å²) in [6.07, 6.45) is 0.645. The van der Waals surface area contributed by atoms with E-state index in [1.54, 1.807) is 0 Å². The number of aliphatic hydroxyl groups is 2. The summed E-state index contributed by atoms with van der Waals surface area (Å²) in [6.45, 7) is 3.90. The Kier molecular flexibility index (Phi) is 4.07. The van der Waals surface area contributed by atoms with Crippen LogP contribution in [0.25, 0.3) is 0 Å². The van der Waals surface area contributed by atoms with Crippen LogP contribution in [0.4, 0.5) is 5.69 Å². The van der Waals surface area contributed by atoms with Gasteiger partial charge in [-0.2, -0.15) is 0 Å². The van der Waals surface area contributed by atoms with Gasteiger partial charge in [-0.1, -0.05) is 28.9 Å². The third-order valence-electron chi connectivity index (χ3n) is 3.43. The highest BCUT2D eigenvalue weighted by atomic mass is 79.9. The van der Waals surface area contributed by atoms with Gasteiger partial charge in [0.15, 0.2) is 0 Å². The Labute approximate surface area is 110 Å². The monoisotopic (exact) mass is 299 g/mol. The van der Waals surface area contributed by atoms with E-state index in [2.05, 4.69) is 27.8 Å². The summed E-state index contributed by atoms with van der Waals surface area (Å²) in [5, 5.41) is 18.8. The van der Waals surface area contributed by atoms with E-state index in [0.29, 0.717) is 5.92 Å². The molecule has 1 aromatic carbocycles. The Morgan fingerprint density at radius 2 is 2.24 bits per heavy atom. The first kappa shape index (κ1) is 12.9. The maximum atomic E-state index is 9.71. The molecule has 2 unspecified atom stereocenters. The molecule has 94 valence electrons. The highest BCUT2D eigenvalue weighted by Crippen LogP contribution is 2.27. The fraction of sp³-hybridized carbons (Fsp3) is 0.538. The second-order valence-electron chi connectivity index (χ2n) is 4.71. The van der Waals surface area contributed by atoms with Crippen molar-refractivity contribution in [1.82, 2.24) is 0 Å². The van der Waals surface area contributed by atoms with E-state index in [4.69, 9.17) is 5.11 Å². The molecule has 1 aliphatic heterocycles. The lowest BCUT2D eigenvalue weighted by Gasteiger charge is -2.36. The van der Waals surface area contributed by atoms with E-state index < -0.39 is 0 Å². The SMILES string of the molecule is CC1CN(c2ccc(CO)c(Br)c2)CCC1O. The van der Waals surface area contributed by atoms with Gasteiger partial charge in [0.25, 0.3) is 0 Å². The van der Waals surface area contributed by atoms with Gasteiger partial charge in [0.05, 0.1) is 12.7 Å². The smallest absolute Gasteiger partial charge is 0.0692 e. The molecule has 0 bridgehead atoms.